The lowest BCUT2D eigenvalue weighted by Crippen LogP contribution is -2.11. The first kappa shape index (κ1) is 12.3. The van der Waals surface area contributed by atoms with Crippen molar-refractivity contribution in [3.63, 3.8) is 0 Å². The number of benzene rings is 2. The first-order valence-electron chi connectivity index (χ1n) is 6.41. The molecule has 0 fully saturated rings. The second kappa shape index (κ2) is 5.48. The molecule has 0 aliphatic rings. The van der Waals surface area contributed by atoms with Gasteiger partial charge in [0.2, 0.25) is 0 Å². The molecular weight excluding hydrogens is 248 g/mol. The summed E-state index contributed by atoms with van der Waals surface area (Å²) in [6.07, 6.45) is 1.85. The normalized spacial score (nSPS) is 12.0. The van der Waals surface area contributed by atoms with Crippen LogP contribution in [0.3, 0.4) is 0 Å². The van der Waals surface area contributed by atoms with Crippen molar-refractivity contribution in [2.45, 2.75) is 6.04 Å². The Bertz CT molecular complexity index is 689. The maximum Gasteiger partial charge on any atom is 0.182 e. The van der Waals surface area contributed by atoms with Gasteiger partial charge in [0.1, 0.15) is 0 Å². The monoisotopic (exact) mass is 262 g/mol. The van der Waals surface area contributed by atoms with Gasteiger partial charge >= 0.3 is 0 Å². The van der Waals surface area contributed by atoms with E-state index in [2.05, 4.69) is 22.1 Å². The number of tetrazole rings is 1. The summed E-state index contributed by atoms with van der Waals surface area (Å²) in [6, 6.07) is 19.9. The summed E-state index contributed by atoms with van der Waals surface area (Å²) in [4.78, 5) is 0. The van der Waals surface area contributed by atoms with Crippen LogP contribution in [0.25, 0.3) is 11.4 Å². The molecule has 4 nitrogen and oxygen atoms in total. The van der Waals surface area contributed by atoms with Gasteiger partial charge < -0.3 is 0 Å². The van der Waals surface area contributed by atoms with Crippen molar-refractivity contribution in [1.82, 2.24) is 20.2 Å². The molecule has 4 heteroatoms. The molecule has 3 rings (SSSR count). The van der Waals surface area contributed by atoms with Crippen LogP contribution in [0.4, 0.5) is 0 Å². The Balaban J connectivity index is 2.07. The summed E-state index contributed by atoms with van der Waals surface area (Å²) in [5.41, 5.74) is 2.09. The summed E-state index contributed by atoms with van der Waals surface area (Å²) in [7, 11) is 0. The molecule has 1 heterocycles. The molecule has 0 saturated carbocycles. The fraction of sp³-hybridized carbons (Fsp3) is 0.0625. The zero-order valence-electron chi connectivity index (χ0n) is 10.9. The van der Waals surface area contributed by atoms with Gasteiger partial charge in [-0.25, -0.2) is 4.68 Å². The highest BCUT2D eigenvalue weighted by atomic mass is 15.5. The smallest absolute Gasteiger partial charge is 0.182 e. The summed E-state index contributed by atoms with van der Waals surface area (Å²) in [6.45, 7) is 3.91. The van der Waals surface area contributed by atoms with Crippen molar-refractivity contribution >= 4 is 0 Å². The molecule has 98 valence electrons. The SMILES string of the molecule is C=CC(c1ccccc1)n1nnnc1-c1ccccc1. The van der Waals surface area contributed by atoms with Crippen LogP contribution >= 0.6 is 0 Å². The standard InChI is InChI=1S/C16H14N4/c1-2-15(13-9-5-3-6-10-13)20-16(17-18-19-20)14-11-7-4-8-12-14/h2-12,15H,1H2. The molecule has 1 aromatic heterocycles. The Morgan fingerprint density at radius 2 is 1.60 bits per heavy atom. The molecule has 20 heavy (non-hydrogen) atoms. The van der Waals surface area contributed by atoms with Crippen LogP contribution in [0.5, 0.6) is 0 Å². The summed E-state index contributed by atoms with van der Waals surface area (Å²) < 4.78 is 1.79. The van der Waals surface area contributed by atoms with Crippen LogP contribution in [0.1, 0.15) is 11.6 Å². The lowest BCUT2D eigenvalue weighted by Gasteiger charge is -2.14. The van der Waals surface area contributed by atoms with E-state index in [1.54, 1.807) is 4.68 Å². The third-order valence-electron chi connectivity index (χ3n) is 3.15. The molecule has 1 unspecified atom stereocenters. The van der Waals surface area contributed by atoms with Crippen molar-refractivity contribution in [2.24, 2.45) is 0 Å². The Kier molecular flexibility index (Phi) is 3.37. The summed E-state index contributed by atoms with van der Waals surface area (Å²) in [5, 5.41) is 12.1. The Hall–Kier alpha value is -2.75. The van der Waals surface area contributed by atoms with E-state index in [1.165, 1.54) is 0 Å². The van der Waals surface area contributed by atoms with Crippen molar-refractivity contribution < 1.29 is 0 Å². The molecule has 2 aromatic carbocycles. The van der Waals surface area contributed by atoms with E-state index in [0.29, 0.717) is 0 Å². The van der Waals surface area contributed by atoms with Crippen molar-refractivity contribution in [1.29, 1.82) is 0 Å². The van der Waals surface area contributed by atoms with Crippen molar-refractivity contribution in [2.75, 3.05) is 0 Å². The van der Waals surface area contributed by atoms with Crippen LogP contribution in [-0.4, -0.2) is 20.2 Å². The van der Waals surface area contributed by atoms with Crippen LogP contribution in [0.15, 0.2) is 73.3 Å². The van der Waals surface area contributed by atoms with Gasteiger partial charge in [-0.1, -0.05) is 66.7 Å². The third kappa shape index (κ3) is 2.23. The first-order valence-corrected chi connectivity index (χ1v) is 6.41. The molecule has 0 spiro atoms. The molecule has 0 aliphatic heterocycles. The number of rotatable bonds is 4. The largest absolute Gasteiger partial charge is 0.214 e. The highest BCUT2D eigenvalue weighted by molar-refractivity contribution is 5.54. The maximum absolute atomic E-state index is 4.13. The van der Waals surface area contributed by atoms with E-state index < -0.39 is 0 Å². The molecule has 0 radical (unpaired) electrons. The van der Waals surface area contributed by atoms with E-state index in [-0.39, 0.29) is 6.04 Å². The average molecular weight is 262 g/mol. The van der Waals surface area contributed by atoms with Gasteiger partial charge in [-0.3, -0.25) is 0 Å². The molecular formula is C16H14N4. The predicted octanol–water partition coefficient (Wildman–Crippen LogP) is 3.12. The number of allylic oxidation sites excluding steroid dienone is 1. The predicted molar refractivity (Wildman–Crippen MR) is 78.0 cm³/mol. The number of nitrogens with zero attached hydrogens (tertiary/aromatic N) is 4. The first-order chi connectivity index (χ1) is 9.90. The van der Waals surface area contributed by atoms with Gasteiger partial charge in [-0.2, -0.15) is 0 Å². The summed E-state index contributed by atoms with van der Waals surface area (Å²) >= 11 is 0. The van der Waals surface area contributed by atoms with Crippen LogP contribution < -0.4 is 0 Å². The minimum atomic E-state index is -0.0820. The Morgan fingerprint density at radius 3 is 2.25 bits per heavy atom. The van der Waals surface area contributed by atoms with E-state index in [0.717, 1.165) is 17.0 Å². The third-order valence-corrected chi connectivity index (χ3v) is 3.15. The van der Waals surface area contributed by atoms with Gasteiger partial charge in [0.05, 0.1) is 6.04 Å². The van der Waals surface area contributed by atoms with Crippen LogP contribution in [0, 0.1) is 0 Å². The van der Waals surface area contributed by atoms with Crippen LogP contribution in [-0.2, 0) is 0 Å². The van der Waals surface area contributed by atoms with Gasteiger partial charge in [0.15, 0.2) is 5.82 Å². The van der Waals surface area contributed by atoms with Crippen molar-refractivity contribution in [3.8, 4) is 11.4 Å². The molecule has 3 aromatic rings. The zero-order chi connectivity index (χ0) is 13.8. The zero-order valence-corrected chi connectivity index (χ0v) is 10.9. The highest BCUT2D eigenvalue weighted by Crippen LogP contribution is 2.24. The number of aromatic nitrogens is 4. The molecule has 0 saturated heterocycles. The van der Waals surface area contributed by atoms with Gasteiger partial charge in [-0.05, 0) is 16.0 Å². The molecule has 0 aliphatic carbocycles. The topological polar surface area (TPSA) is 43.6 Å². The van der Waals surface area contributed by atoms with E-state index in [9.17, 15) is 0 Å². The average Bonchev–Trinajstić information content (AvgIpc) is 2.99. The van der Waals surface area contributed by atoms with E-state index in [4.69, 9.17) is 0 Å². The molecule has 0 bridgehead atoms. The summed E-state index contributed by atoms with van der Waals surface area (Å²) in [5.74, 6) is 0.736. The number of hydrogen-bond acceptors (Lipinski definition) is 3. The molecule has 0 N–H and O–H groups in total. The number of hydrogen-bond donors (Lipinski definition) is 0. The van der Waals surface area contributed by atoms with Gasteiger partial charge in [0.25, 0.3) is 0 Å². The lowest BCUT2D eigenvalue weighted by molar-refractivity contribution is 0.591. The molecule has 1 atom stereocenters. The quantitative estimate of drug-likeness (QED) is 0.678. The Morgan fingerprint density at radius 1 is 0.950 bits per heavy atom. The van der Waals surface area contributed by atoms with Crippen LogP contribution in [0.2, 0.25) is 0 Å². The van der Waals surface area contributed by atoms with E-state index in [1.807, 2.05) is 66.7 Å². The molecule has 0 amide bonds. The maximum atomic E-state index is 4.13. The lowest BCUT2D eigenvalue weighted by atomic mass is 10.1. The fourth-order valence-electron chi connectivity index (χ4n) is 2.19. The Labute approximate surface area is 117 Å². The second-order valence-electron chi connectivity index (χ2n) is 4.40. The van der Waals surface area contributed by atoms with Gasteiger partial charge in [0, 0.05) is 5.56 Å². The van der Waals surface area contributed by atoms with E-state index >= 15 is 0 Å². The fourth-order valence-corrected chi connectivity index (χ4v) is 2.19. The minimum Gasteiger partial charge on any atom is -0.214 e. The minimum absolute atomic E-state index is 0.0820. The van der Waals surface area contributed by atoms with Gasteiger partial charge in [-0.15, -0.1) is 11.7 Å². The van der Waals surface area contributed by atoms with Crippen molar-refractivity contribution in [3.05, 3.63) is 78.9 Å². The highest BCUT2D eigenvalue weighted by Gasteiger charge is 2.17. The second-order valence-corrected chi connectivity index (χ2v) is 4.40.